The van der Waals surface area contributed by atoms with Crippen molar-refractivity contribution >= 4 is 0 Å². The van der Waals surface area contributed by atoms with E-state index in [0.29, 0.717) is 19.0 Å². The highest BCUT2D eigenvalue weighted by molar-refractivity contribution is 5.68. The molecule has 0 aliphatic carbocycles. The maximum atomic E-state index is 12.3. The predicted octanol–water partition coefficient (Wildman–Crippen LogP) is 2.85. The van der Waals surface area contributed by atoms with Crippen molar-refractivity contribution in [1.82, 2.24) is 10.2 Å². The van der Waals surface area contributed by atoms with Crippen molar-refractivity contribution in [3.63, 3.8) is 0 Å². The van der Waals surface area contributed by atoms with Gasteiger partial charge in [-0.15, -0.1) is 0 Å². The number of benzene rings is 1. The number of nitrogens with zero attached hydrogens (tertiary/aromatic N) is 1. The average Bonchev–Trinajstić information content (AvgIpc) is 3.11. The number of H-pyrrole nitrogens is 1. The molecule has 1 fully saturated rings. The molecule has 0 radical (unpaired) electrons. The third-order valence-electron chi connectivity index (χ3n) is 3.15. The van der Waals surface area contributed by atoms with Crippen LogP contribution >= 0.6 is 0 Å². The van der Waals surface area contributed by atoms with Crippen molar-refractivity contribution in [3.8, 4) is 22.8 Å². The Morgan fingerprint density at radius 2 is 2.24 bits per heavy atom. The van der Waals surface area contributed by atoms with Crippen LogP contribution in [-0.2, 0) is 4.74 Å². The van der Waals surface area contributed by atoms with E-state index >= 15 is 0 Å². The van der Waals surface area contributed by atoms with Gasteiger partial charge in [0.05, 0.1) is 18.9 Å². The molecule has 0 unspecified atom stereocenters. The number of ether oxygens (including phenoxy) is 3. The Hall–Kier alpha value is -2.15. The highest BCUT2D eigenvalue weighted by atomic mass is 19.3. The molecule has 0 bridgehead atoms. The number of rotatable bonds is 5. The number of aromatic nitrogens is 2. The summed E-state index contributed by atoms with van der Waals surface area (Å²) in [7, 11) is 0. The number of aromatic amines is 1. The topological polar surface area (TPSA) is 56.4 Å². The minimum atomic E-state index is -2.87. The molecule has 2 aromatic rings. The SMILES string of the molecule is FC(F)Oc1ccc(-c2ccn[nH]2)c(O[C@@H]2CCOC2)c1. The lowest BCUT2D eigenvalue weighted by molar-refractivity contribution is -0.0499. The number of hydrogen-bond acceptors (Lipinski definition) is 4. The first kappa shape index (κ1) is 13.8. The fourth-order valence-corrected chi connectivity index (χ4v) is 2.19. The second kappa shape index (κ2) is 6.09. The van der Waals surface area contributed by atoms with Crippen LogP contribution < -0.4 is 9.47 Å². The van der Waals surface area contributed by atoms with Crippen molar-refractivity contribution < 1.29 is 23.0 Å². The second-order valence-electron chi connectivity index (χ2n) is 4.61. The van der Waals surface area contributed by atoms with Gasteiger partial charge in [0.1, 0.15) is 17.6 Å². The summed E-state index contributed by atoms with van der Waals surface area (Å²) in [4.78, 5) is 0. The van der Waals surface area contributed by atoms with E-state index in [1.165, 1.54) is 12.1 Å². The predicted molar refractivity (Wildman–Crippen MR) is 70.5 cm³/mol. The molecule has 1 atom stereocenters. The van der Waals surface area contributed by atoms with Crippen LogP contribution in [0.5, 0.6) is 11.5 Å². The third-order valence-corrected chi connectivity index (χ3v) is 3.15. The fraction of sp³-hybridized carbons (Fsp3) is 0.357. The van der Waals surface area contributed by atoms with Crippen LogP contribution in [0.4, 0.5) is 8.78 Å². The molecule has 0 spiro atoms. The van der Waals surface area contributed by atoms with Gasteiger partial charge in [-0.25, -0.2) is 0 Å². The molecule has 1 aliphatic heterocycles. The van der Waals surface area contributed by atoms with E-state index in [-0.39, 0.29) is 11.9 Å². The highest BCUT2D eigenvalue weighted by Crippen LogP contribution is 2.34. The molecule has 3 rings (SSSR count). The van der Waals surface area contributed by atoms with Gasteiger partial charge >= 0.3 is 6.61 Å². The molecule has 7 heteroatoms. The largest absolute Gasteiger partial charge is 0.487 e. The van der Waals surface area contributed by atoms with Gasteiger partial charge < -0.3 is 14.2 Å². The Labute approximate surface area is 119 Å². The molecule has 2 heterocycles. The number of halogens is 2. The summed E-state index contributed by atoms with van der Waals surface area (Å²) in [5, 5.41) is 6.71. The zero-order valence-electron chi connectivity index (χ0n) is 11.1. The van der Waals surface area contributed by atoms with Crippen molar-refractivity contribution in [2.45, 2.75) is 19.1 Å². The first-order chi connectivity index (χ1) is 10.2. The summed E-state index contributed by atoms with van der Waals surface area (Å²) in [5.41, 5.74) is 1.48. The van der Waals surface area contributed by atoms with Gasteiger partial charge in [0, 0.05) is 24.2 Å². The zero-order valence-corrected chi connectivity index (χ0v) is 11.1. The van der Waals surface area contributed by atoms with E-state index in [9.17, 15) is 8.78 Å². The maximum Gasteiger partial charge on any atom is 0.387 e. The highest BCUT2D eigenvalue weighted by Gasteiger charge is 2.20. The molecule has 21 heavy (non-hydrogen) atoms. The quantitative estimate of drug-likeness (QED) is 0.921. The summed E-state index contributed by atoms with van der Waals surface area (Å²) in [6.07, 6.45) is 2.29. The van der Waals surface area contributed by atoms with Gasteiger partial charge in [-0.1, -0.05) is 0 Å². The lowest BCUT2D eigenvalue weighted by Gasteiger charge is -2.16. The van der Waals surface area contributed by atoms with Crippen molar-refractivity contribution in [3.05, 3.63) is 30.5 Å². The van der Waals surface area contributed by atoms with E-state index in [0.717, 1.165) is 17.7 Å². The molecule has 0 saturated carbocycles. The summed E-state index contributed by atoms with van der Waals surface area (Å²) in [5.74, 6) is 0.523. The van der Waals surface area contributed by atoms with Crippen LogP contribution in [0.1, 0.15) is 6.42 Å². The fourth-order valence-electron chi connectivity index (χ4n) is 2.19. The monoisotopic (exact) mass is 296 g/mol. The number of nitrogens with one attached hydrogen (secondary N) is 1. The van der Waals surface area contributed by atoms with Gasteiger partial charge in [-0.05, 0) is 18.2 Å². The average molecular weight is 296 g/mol. The van der Waals surface area contributed by atoms with E-state index in [1.54, 1.807) is 18.3 Å². The van der Waals surface area contributed by atoms with E-state index in [1.807, 2.05) is 0 Å². The van der Waals surface area contributed by atoms with Gasteiger partial charge in [-0.2, -0.15) is 13.9 Å². The lowest BCUT2D eigenvalue weighted by atomic mass is 10.1. The normalized spacial score (nSPS) is 18.1. The molecule has 1 aromatic carbocycles. The molecular formula is C14H14F2N2O3. The second-order valence-corrected chi connectivity index (χ2v) is 4.61. The van der Waals surface area contributed by atoms with Crippen LogP contribution in [0.3, 0.4) is 0 Å². The summed E-state index contributed by atoms with van der Waals surface area (Å²) < 4.78 is 40.2. The molecule has 1 saturated heterocycles. The van der Waals surface area contributed by atoms with Gasteiger partial charge in [0.15, 0.2) is 0 Å². The van der Waals surface area contributed by atoms with Crippen molar-refractivity contribution in [2.24, 2.45) is 0 Å². The van der Waals surface area contributed by atoms with E-state index < -0.39 is 6.61 Å². The molecule has 1 N–H and O–H groups in total. The van der Waals surface area contributed by atoms with Crippen molar-refractivity contribution in [1.29, 1.82) is 0 Å². The Morgan fingerprint density at radius 1 is 1.33 bits per heavy atom. The van der Waals surface area contributed by atoms with Crippen molar-refractivity contribution in [2.75, 3.05) is 13.2 Å². The van der Waals surface area contributed by atoms with E-state index in [2.05, 4.69) is 14.9 Å². The Bertz CT molecular complexity index is 584. The van der Waals surface area contributed by atoms with Crippen LogP contribution in [0, 0.1) is 0 Å². The van der Waals surface area contributed by atoms with Gasteiger partial charge in [0.2, 0.25) is 0 Å². The van der Waals surface area contributed by atoms with Crippen LogP contribution in [-0.4, -0.2) is 36.1 Å². The smallest absolute Gasteiger partial charge is 0.387 e. The number of alkyl halides is 2. The molecule has 5 nitrogen and oxygen atoms in total. The summed E-state index contributed by atoms with van der Waals surface area (Å²) in [6.45, 7) is -1.75. The summed E-state index contributed by atoms with van der Waals surface area (Å²) >= 11 is 0. The third kappa shape index (κ3) is 3.30. The van der Waals surface area contributed by atoms with Gasteiger partial charge in [0.25, 0.3) is 0 Å². The molecule has 1 aromatic heterocycles. The Morgan fingerprint density at radius 3 is 2.90 bits per heavy atom. The van der Waals surface area contributed by atoms with Gasteiger partial charge in [-0.3, -0.25) is 5.10 Å². The summed E-state index contributed by atoms with van der Waals surface area (Å²) in [6, 6.07) is 6.37. The van der Waals surface area contributed by atoms with E-state index in [4.69, 9.17) is 9.47 Å². The molecule has 1 aliphatic rings. The first-order valence-electron chi connectivity index (χ1n) is 6.55. The maximum absolute atomic E-state index is 12.3. The number of hydrogen-bond donors (Lipinski definition) is 1. The molecule has 0 amide bonds. The first-order valence-corrected chi connectivity index (χ1v) is 6.55. The Kier molecular flexibility index (Phi) is 4.01. The zero-order chi connectivity index (χ0) is 14.7. The molecular weight excluding hydrogens is 282 g/mol. The van der Waals surface area contributed by atoms with Crippen LogP contribution in [0.15, 0.2) is 30.5 Å². The van der Waals surface area contributed by atoms with Crippen LogP contribution in [0.25, 0.3) is 11.3 Å². The Balaban J connectivity index is 1.90. The lowest BCUT2D eigenvalue weighted by Crippen LogP contribution is -2.16. The van der Waals surface area contributed by atoms with Crippen LogP contribution in [0.2, 0.25) is 0 Å². The minimum Gasteiger partial charge on any atom is -0.487 e. The minimum absolute atomic E-state index is 0.0576. The standard InChI is InChI=1S/C14H14F2N2O3/c15-14(16)21-9-1-2-11(12-3-5-17-18-12)13(7-9)20-10-4-6-19-8-10/h1-3,5,7,10,14H,4,6,8H2,(H,17,18)/t10-/m1/s1. The molecule has 112 valence electrons.